The monoisotopic (exact) mass is 447 g/mol. The normalized spacial score (nSPS) is 19.7. The number of anilines is 1. The van der Waals surface area contributed by atoms with Crippen LogP contribution in [0.4, 0.5) is 5.82 Å². The van der Waals surface area contributed by atoms with Crippen molar-refractivity contribution in [2.24, 2.45) is 5.92 Å². The van der Waals surface area contributed by atoms with E-state index in [1.54, 1.807) is 0 Å². The zero-order valence-electron chi connectivity index (χ0n) is 20.0. The smallest absolute Gasteiger partial charge is 0.222 e. The van der Waals surface area contributed by atoms with Crippen molar-refractivity contribution in [2.45, 2.75) is 58.4 Å². The van der Waals surface area contributed by atoms with Crippen LogP contribution in [0.15, 0.2) is 30.3 Å². The first kappa shape index (κ1) is 22.3. The number of carbonyl (C=O) groups is 1. The van der Waals surface area contributed by atoms with Crippen molar-refractivity contribution in [3.63, 3.8) is 0 Å². The Kier molecular flexibility index (Phi) is 6.91. The average Bonchev–Trinajstić information content (AvgIpc) is 3.41. The zero-order valence-corrected chi connectivity index (χ0v) is 20.0. The summed E-state index contributed by atoms with van der Waals surface area (Å²) in [5.74, 6) is 2.92. The van der Waals surface area contributed by atoms with Crippen LogP contribution in [-0.4, -0.2) is 64.9 Å². The molecule has 1 saturated carbocycles. The summed E-state index contributed by atoms with van der Waals surface area (Å²) < 4.78 is 0. The summed E-state index contributed by atoms with van der Waals surface area (Å²) in [6, 6.07) is 10.3. The van der Waals surface area contributed by atoms with E-state index in [1.165, 1.54) is 31.2 Å². The van der Waals surface area contributed by atoms with E-state index < -0.39 is 0 Å². The predicted molar refractivity (Wildman–Crippen MR) is 132 cm³/mol. The van der Waals surface area contributed by atoms with Gasteiger partial charge in [-0.2, -0.15) is 0 Å². The van der Waals surface area contributed by atoms with E-state index in [1.807, 2.05) is 18.2 Å². The standard InChI is InChI=1S/C27H37N5O/c1-2-30-16-18-31(19-17-30)27-23-20-32(25(33)13-12-21-8-6-7-9-21)15-14-24(23)28-26(29-27)22-10-4-3-5-11-22/h3-5,10-11,21H,2,6-9,12-20H2,1H3. The second-order valence-corrected chi connectivity index (χ2v) is 9.84. The first-order valence-corrected chi connectivity index (χ1v) is 12.9. The van der Waals surface area contributed by atoms with E-state index in [0.29, 0.717) is 18.9 Å². The Morgan fingerprint density at radius 1 is 1.00 bits per heavy atom. The second-order valence-electron chi connectivity index (χ2n) is 9.84. The van der Waals surface area contributed by atoms with Crippen LogP contribution in [0.2, 0.25) is 0 Å². The summed E-state index contributed by atoms with van der Waals surface area (Å²) in [6.45, 7) is 8.79. The number of nitrogens with zero attached hydrogens (tertiary/aromatic N) is 5. The van der Waals surface area contributed by atoms with E-state index in [4.69, 9.17) is 9.97 Å². The summed E-state index contributed by atoms with van der Waals surface area (Å²) >= 11 is 0. The summed E-state index contributed by atoms with van der Waals surface area (Å²) in [6.07, 6.45) is 7.84. The molecule has 5 rings (SSSR count). The molecule has 1 aromatic carbocycles. The molecule has 0 radical (unpaired) electrons. The molecule has 3 heterocycles. The van der Waals surface area contributed by atoms with Crippen molar-refractivity contribution in [1.82, 2.24) is 19.8 Å². The molecule has 6 heteroatoms. The number of carbonyl (C=O) groups excluding carboxylic acids is 1. The first-order chi connectivity index (χ1) is 16.2. The molecule has 1 aliphatic carbocycles. The van der Waals surface area contributed by atoms with E-state index in [2.05, 4.69) is 33.8 Å². The van der Waals surface area contributed by atoms with E-state index in [-0.39, 0.29) is 0 Å². The zero-order chi connectivity index (χ0) is 22.6. The van der Waals surface area contributed by atoms with E-state index in [0.717, 1.165) is 80.9 Å². The van der Waals surface area contributed by atoms with Gasteiger partial charge < -0.3 is 14.7 Å². The molecule has 0 bridgehead atoms. The third-order valence-corrected chi connectivity index (χ3v) is 7.78. The molecule has 33 heavy (non-hydrogen) atoms. The largest absolute Gasteiger partial charge is 0.354 e. The SMILES string of the molecule is CCN1CCN(c2nc(-c3ccccc3)nc3c2CN(C(=O)CCC2CCCC2)CC3)CC1. The van der Waals surface area contributed by atoms with Crippen LogP contribution in [0.25, 0.3) is 11.4 Å². The molecule has 2 aromatic rings. The van der Waals surface area contributed by atoms with E-state index in [9.17, 15) is 4.79 Å². The number of hydrogen-bond acceptors (Lipinski definition) is 5. The van der Waals surface area contributed by atoms with Gasteiger partial charge in [0.25, 0.3) is 0 Å². The van der Waals surface area contributed by atoms with Gasteiger partial charge in [0, 0.05) is 56.7 Å². The maximum Gasteiger partial charge on any atom is 0.222 e. The maximum absolute atomic E-state index is 13.1. The third kappa shape index (κ3) is 5.06. The Hall–Kier alpha value is -2.47. The highest BCUT2D eigenvalue weighted by atomic mass is 16.2. The lowest BCUT2D eigenvalue weighted by Crippen LogP contribution is -2.47. The van der Waals surface area contributed by atoms with Gasteiger partial charge in [-0.1, -0.05) is 62.9 Å². The van der Waals surface area contributed by atoms with Gasteiger partial charge in [0.05, 0.1) is 12.2 Å². The van der Waals surface area contributed by atoms with Crippen molar-refractivity contribution in [1.29, 1.82) is 0 Å². The number of fused-ring (bicyclic) bond motifs is 1. The van der Waals surface area contributed by atoms with Crippen LogP contribution in [0.3, 0.4) is 0 Å². The molecule has 1 amide bonds. The van der Waals surface area contributed by atoms with Gasteiger partial charge in [-0.25, -0.2) is 9.97 Å². The highest BCUT2D eigenvalue weighted by molar-refractivity contribution is 5.77. The molecule has 0 spiro atoms. The first-order valence-electron chi connectivity index (χ1n) is 12.9. The second kappa shape index (κ2) is 10.2. The molecule has 0 unspecified atom stereocenters. The molecule has 2 aliphatic heterocycles. The van der Waals surface area contributed by atoms with Crippen molar-refractivity contribution in [3.8, 4) is 11.4 Å². The molecule has 1 aromatic heterocycles. The highest BCUT2D eigenvalue weighted by Crippen LogP contribution is 2.32. The Bertz CT molecular complexity index is 948. The minimum atomic E-state index is 0.307. The van der Waals surface area contributed by atoms with Crippen molar-refractivity contribution in [2.75, 3.05) is 44.2 Å². The fourth-order valence-corrected chi connectivity index (χ4v) is 5.65. The number of likely N-dealkylation sites (N-methyl/N-ethyl adjacent to an activating group) is 1. The number of rotatable bonds is 6. The molecule has 6 nitrogen and oxygen atoms in total. The summed E-state index contributed by atoms with van der Waals surface area (Å²) in [7, 11) is 0. The minimum Gasteiger partial charge on any atom is -0.354 e. The summed E-state index contributed by atoms with van der Waals surface area (Å²) in [5, 5.41) is 0. The number of amides is 1. The van der Waals surface area contributed by atoms with Crippen LogP contribution in [0.5, 0.6) is 0 Å². The Labute approximate surface area is 198 Å². The van der Waals surface area contributed by atoms with Gasteiger partial charge in [-0.3, -0.25) is 4.79 Å². The van der Waals surface area contributed by atoms with Gasteiger partial charge in [0.15, 0.2) is 5.82 Å². The van der Waals surface area contributed by atoms with E-state index >= 15 is 0 Å². The van der Waals surface area contributed by atoms with Crippen LogP contribution < -0.4 is 4.90 Å². The number of benzene rings is 1. The Morgan fingerprint density at radius 2 is 1.76 bits per heavy atom. The lowest BCUT2D eigenvalue weighted by atomic mass is 10.00. The van der Waals surface area contributed by atoms with Crippen molar-refractivity contribution in [3.05, 3.63) is 41.6 Å². The molecular weight excluding hydrogens is 410 g/mol. The molecule has 176 valence electrons. The quantitative estimate of drug-likeness (QED) is 0.666. The Balaban J connectivity index is 1.39. The molecule has 0 N–H and O–H groups in total. The van der Waals surface area contributed by atoms with Crippen LogP contribution in [0, 0.1) is 5.92 Å². The molecule has 0 atom stereocenters. The fourth-order valence-electron chi connectivity index (χ4n) is 5.65. The van der Waals surface area contributed by atoms with Crippen LogP contribution in [-0.2, 0) is 17.8 Å². The minimum absolute atomic E-state index is 0.307. The number of aromatic nitrogens is 2. The number of piperazine rings is 1. The maximum atomic E-state index is 13.1. The van der Waals surface area contributed by atoms with Gasteiger partial charge in [-0.05, 0) is 18.9 Å². The van der Waals surface area contributed by atoms with Gasteiger partial charge in [0.1, 0.15) is 5.82 Å². The third-order valence-electron chi connectivity index (χ3n) is 7.78. The summed E-state index contributed by atoms with van der Waals surface area (Å²) in [5.41, 5.74) is 3.35. The van der Waals surface area contributed by atoms with Gasteiger partial charge in [-0.15, -0.1) is 0 Å². The topological polar surface area (TPSA) is 52.6 Å². The fraction of sp³-hybridized carbons (Fsp3) is 0.593. The van der Waals surface area contributed by atoms with Crippen molar-refractivity contribution >= 4 is 11.7 Å². The summed E-state index contributed by atoms with van der Waals surface area (Å²) in [4.78, 5) is 30.1. The Morgan fingerprint density at radius 3 is 2.48 bits per heavy atom. The van der Waals surface area contributed by atoms with Crippen molar-refractivity contribution < 1.29 is 4.79 Å². The molecular formula is C27H37N5O. The average molecular weight is 448 g/mol. The predicted octanol–water partition coefficient (Wildman–Crippen LogP) is 4.14. The molecule has 2 fully saturated rings. The van der Waals surface area contributed by atoms with Crippen LogP contribution in [0.1, 0.15) is 56.7 Å². The number of hydrogen-bond donors (Lipinski definition) is 0. The van der Waals surface area contributed by atoms with Gasteiger partial charge in [0.2, 0.25) is 5.91 Å². The lowest BCUT2D eigenvalue weighted by molar-refractivity contribution is -0.132. The molecule has 1 saturated heterocycles. The highest BCUT2D eigenvalue weighted by Gasteiger charge is 2.29. The van der Waals surface area contributed by atoms with Gasteiger partial charge >= 0.3 is 0 Å². The lowest BCUT2D eigenvalue weighted by Gasteiger charge is -2.38. The van der Waals surface area contributed by atoms with Crippen LogP contribution >= 0.6 is 0 Å². The molecule has 3 aliphatic rings.